The number of nitrogens with zero attached hydrogens (tertiary/aromatic N) is 2. The van der Waals surface area contributed by atoms with E-state index in [0.717, 1.165) is 11.1 Å². The second-order valence-corrected chi connectivity index (χ2v) is 5.89. The lowest BCUT2D eigenvalue weighted by atomic mass is 10.1. The molecule has 0 spiro atoms. The molecule has 0 radical (unpaired) electrons. The van der Waals surface area contributed by atoms with E-state index < -0.39 is 0 Å². The summed E-state index contributed by atoms with van der Waals surface area (Å²) in [5.74, 6) is 0.678. The van der Waals surface area contributed by atoms with Crippen molar-refractivity contribution in [2.45, 2.75) is 6.42 Å². The Hall–Kier alpha value is -3.94. The van der Waals surface area contributed by atoms with E-state index in [0.29, 0.717) is 11.5 Å². The predicted octanol–water partition coefficient (Wildman–Crippen LogP) is 3.89. The van der Waals surface area contributed by atoms with Crippen LogP contribution in [-0.4, -0.2) is 46.3 Å². The summed E-state index contributed by atoms with van der Waals surface area (Å²) >= 11 is 0. The van der Waals surface area contributed by atoms with E-state index in [2.05, 4.69) is 10.3 Å². The van der Waals surface area contributed by atoms with E-state index in [9.17, 15) is 20.6 Å². The number of benzene rings is 2. The van der Waals surface area contributed by atoms with Gasteiger partial charge in [0.25, 0.3) is 0 Å². The quantitative estimate of drug-likeness (QED) is 0.304. The Morgan fingerprint density at radius 1 is 0.793 bits per heavy atom. The van der Waals surface area contributed by atoms with Gasteiger partial charge in [-0.3, -0.25) is 0 Å². The normalized spacial score (nSPS) is 12.6. The lowest BCUT2D eigenvalue weighted by Gasteiger charge is -2.04. The van der Waals surface area contributed by atoms with E-state index in [4.69, 9.17) is 9.47 Å². The molecule has 8 heteroatoms. The highest BCUT2D eigenvalue weighted by atomic mass is 16.5. The molecule has 2 rings (SSSR count). The van der Waals surface area contributed by atoms with Crippen LogP contribution in [0, 0.1) is 0 Å². The first kappa shape index (κ1) is 21.4. The van der Waals surface area contributed by atoms with Crippen molar-refractivity contribution in [1.29, 1.82) is 0 Å². The minimum Gasteiger partial charge on any atom is -0.504 e. The number of rotatable bonds is 8. The number of ether oxygens (including phenoxy) is 2. The number of allylic oxidation sites excluding steroid dienone is 2. The fourth-order valence-electron chi connectivity index (χ4n) is 2.42. The van der Waals surface area contributed by atoms with Crippen molar-refractivity contribution in [2.75, 3.05) is 14.2 Å². The highest BCUT2D eigenvalue weighted by Gasteiger charge is 2.05. The number of phenols is 2. The van der Waals surface area contributed by atoms with Gasteiger partial charge in [0.15, 0.2) is 23.0 Å². The molecule has 0 saturated heterocycles. The fourth-order valence-corrected chi connectivity index (χ4v) is 2.42. The predicted molar refractivity (Wildman–Crippen MR) is 110 cm³/mol. The molecule has 29 heavy (non-hydrogen) atoms. The Balaban J connectivity index is 2.10. The zero-order valence-electron chi connectivity index (χ0n) is 16.0. The minimum atomic E-state index is 0.0198. The zero-order chi connectivity index (χ0) is 21.2. The van der Waals surface area contributed by atoms with Crippen molar-refractivity contribution in [3.05, 3.63) is 59.7 Å². The third kappa shape index (κ3) is 6.03. The highest BCUT2D eigenvalue weighted by molar-refractivity contribution is 6.15. The van der Waals surface area contributed by atoms with Crippen LogP contribution in [0.15, 0.2) is 58.9 Å². The maximum atomic E-state index is 9.62. The van der Waals surface area contributed by atoms with Gasteiger partial charge in [0.05, 0.1) is 25.6 Å². The largest absolute Gasteiger partial charge is 0.504 e. The Kier molecular flexibility index (Phi) is 7.67. The standard InChI is InChI=1S/C21H22N2O6/c1-28-20-11-14(5-9-18(20)24)3-7-16(22-26)13-17(23-27)8-4-15-6-10-19(25)21(12-15)29-2/h3-12,24-27H,13H2,1-2H3/b7-3+,8-4+,22-16-,23-17+. The Labute approximate surface area is 167 Å². The molecule has 0 aliphatic rings. The van der Waals surface area contributed by atoms with Crippen LogP contribution < -0.4 is 9.47 Å². The van der Waals surface area contributed by atoms with Crippen LogP contribution in [0.5, 0.6) is 23.0 Å². The third-order valence-corrected chi connectivity index (χ3v) is 3.96. The topological polar surface area (TPSA) is 124 Å². The maximum Gasteiger partial charge on any atom is 0.161 e. The molecule has 0 aromatic heterocycles. The molecule has 0 aliphatic heterocycles. The van der Waals surface area contributed by atoms with Crippen molar-refractivity contribution in [2.24, 2.45) is 10.3 Å². The average molecular weight is 398 g/mol. The number of oxime groups is 2. The molecule has 0 atom stereocenters. The van der Waals surface area contributed by atoms with Crippen LogP contribution in [0.25, 0.3) is 12.2 Å². The van der Waals surface area contributed by atoms with Gasteiger partial charge in [-0.15, -0.1) is 0 Å². The van der Waals surface area contributed by atoms with Crippen LogP contribution in [-0.2, 0) is 0 Å². The number of hydrogen-bond donors (Lipinski definition) is 4. The van der Waals surface area contributed by atoms with Crippen molar-refractivity contribution < 1.29 is 30.1 Å². The van der Waals surface area contributed by atoms with Crippen molar-refractivity contribution >= 4 is 23.6 Å². The summed E-state index contributed by atoms with van der Waals surface area (Å²) in [5.41, 5.74) is 1.93. The van der Waals surface area contributed by atoms with Gasteiger partial charge in [-0.1, -0.05) is 34.6 Å². The van der Waals surface area contributed by atoms with Crippen molar-refractivity contribution in [3.63, 3.8) is 0 Å². The summed E-state index contributed by atoms with van der Waals surface area (Å²) in [7, 11) is 2.90. The highest BCUT2D eigenvalue weighted by Crippen LogP contribution is 2.27. The minimum absolute atomic E-state index is 0.0198. The molecule has 152 valence electrons. The molecule has 0 aliphatic carbocycles. The Morgan fingerprint density at radius 3 is 1.55 bits per heavy atom. The first-order valence-electron chi connectivity index (χ1n) is 8.52. The van der Waals surface area contributed by atoms with Gasteiger partial charge in [-0.05, 0) is 47.5 Å². The lowest BCUT2D eigenvalue weighted by molar-refractivity contribution is 0.316. The number of aromatic hydroxyl groups is 2. The number of methoxy groups -OCH3 is 2. The van der Waals surface area contributed by atoms with Gasteiger partial charge in [0.2, 0.25) is 0 Å². The van der Waals surface area contributed by atoms with Gasteiger partial charge in [0.1, 0.15) is 0 Å². The molecule has 8 nitrogen and oxygen atoms in total. The van der Waals surface area contributed by atoms with E-state index in [1.165, 1.54) is 26.4 Å². The number of phenolic OH excluding ortho intramolecular Hbond substituents is 2. The fraction of sp³-hybridized carbons (Fsp3) is 0.143. The first-order valence-corrected chi connectivity index (χ1v) is 8.52. The Bertz CT molecular complexity index is 886. The van der Waals surface area contributed by atoms with Crippen LogP contribution in [0.2, 0.25) is 0 Å². The van der Waals surface area contributed by atoms with E-state index in [-0.39, 0.29) is 29.3 Å². The second kappa shape index (κ2) is 10.4. The summed E-state index contributed by atoms with van der Waals surface area (Å²) in [6.07, 6.45) is 6.49. The molecule has 0 fully saturated rings. The molecule has 2 aromatic carbocycles. The molecule has 4 N–H and O–H groups in total. The molecule has 0 unspecified atom stereocenters. The van der Waals surface area contributed by atoms with E-state index in [1.807, 2.05) is 0 Å². The van der Waals surface area contributed by atoms with Gasteiger partial charge in [-0.25, -0.2) is 0 Å². The summed E-state index contributed by atoms with van der Waals surface area (Å²) in [5, 5.41) is 44.2. The smallest absolute Gasteiger partial charge is 0.161 e. The van der Waals surface area contributed by atoms with Gasteiger partial charge in [0, 0.05) is 6.42 Å². The van der Waals surface area contributed by atoms with Crippen molar-refractivity contribution in [1.82, 2.24) is 0 Å². The maximum absolute atomic E-state index is 9.62. The summed E-state index contributed by atoms with van der Waals surface area (Å²) < 4.78 is 10.1. The monoisotopic (exact) mass is 398 g/mol. The molecule has 0 heterocycles. The average Bonchev–Trinajstić information content (AvgIpc) is 2.75. The van der Waals surface area contributed by atoms with Gasteiger partial charge in [-0.2, -0.15) is 0 Å². The SMILES string of the molecule is COc1cc(/C=C/C(CC(/C=C/c2ccc(O)c(OC)c2)=N\O)=N\O)ccc1O. The summed E-state index contributed by atoms with van der Waals surface area (Å²) in [4.78, 5) is 0. The van der Waals surface area contributed by atoms with Crippen molar-refractivity contribution in [3.8, 4) is 23.0 Å². The molecule has 0 saturated carbocycles. The summed E-state index contributed by atoms with van der Waals surface area (Å²) in [6, 6.07) is 9.57. The number of hydrogen-bond acceptors (Lipinski definition) is 8. The second-order valence-electron chi connectivity index (χ2n) is 5.89. The van der Waals surface area contributed by atoms with Crippen LogP contribution >= 0.6 is 0 Å². The molecular formula is C21H22N2O6. The van der Waals surface area contributed by atoms with Gasteiger partial charge < -0.3 is 30.1 Å². The molecule has 0 bridgehead atoms. The third-order valence-electron chi connectivity index (χ3n) is 3.96. The first-order chi connectivity index (χ1) is 14.0. The molecule has 0 amide bonds. The zero-order valence-corrected chi connectivity index (χ0v) is 16.0. The van der Waals surface area contributed by atoms with Crippen LogP contribution in [0.4, 0.5) is 0 Å². The molecular weight excluding hydrogens is 376 g/mol. The summed E-state index contributed by atoms with van der Waals surface area (Å²) in [6.45, 7) is 0. The van der Waals surface area contributed by atoms with Gasteiger partial charge >= 0.3 is 0 Å². The van der Waals surface area contributed by atoms with Crippen LogP contribution in [0.3, 0.4) is 0 Å². The van der Waals surface area contributed by atoms with Crippen LogP contribution in [0.1, 0.15) is 17.5 Å². The van der Waals surface area contributed by atoms with E-state index >= 15 is 0 Å². The molecule has 2 aromatic rings. The van der Waals surface area contributed by atoms with E-state index in [1.54, 1.807) is 48.6 Å². The lowest BCUT2D eigenvalue weighted by Crippen LogP contribution is -2.03. The Morgan fingerprint density at radius 2 is 1.21 bits per heavy atom.